The number of rotatable bonds is 47. The van der Waals surface area contributed by atoms with Crippen molar-refractivity contribution in [2.24, 2.45) is 0 Å². The Morgan fingerprint density at radius 2 is 0.625 bits per heavy atom. The third kappa shape index (κ3) is 49.6. The second-order valence-corrected chi connectivity index (χ2v) is 17.6. The van der Waals surface area contributed by atoms with Gasteiger partial charge in [-0.3, -0.25) is 14.4 Å². The number of allylic oxidation sites excluding steroid dienone is 14. The number of hydrogen-bond donors (Lipinski definition) is 0. The average Bonchev–Trinajstić information content (AvgIpc) is 3.29. The molecule has 0 radical (unpaired) electrons. The minimum atomic E-state index is -0.817. The molecule has 0 fully saturated rings. The van der Waals surface area contributed by atoms with E-state index in [1.165, 1.54) is 135 Å². The highest BCUT2D eigenvalue weighted by atomic mass is 16.6. The topological polar surface area (TPSA) is 78.9 Å². The molecule has 1 atom stereocenters. The first kappa shape index (κ1) is 60.6. The van der Waals surface area contributed by atoms with Crippen LogP contribution in [0.1, 0.15) is 245 Å². The predicted octanol–water partition coefficient (Wildman–Crippen LogP) is 17.6. The normalized spacial score (nSPS) is 12.7. The Kier molecular flexibility index (Phi) is 49.4. The Morgan fingerprint density at radius 1 is 0.328 bits per heavy atom. The molecule has 0 rings (SSSR count). The van der Waals surface area contributed by atoms with Gasteiger partial charge in [0.15, 0.2) is 6.10 Å². The monoisotopic (exact) mass is 891 g/mol. The quantitative estimate of drug-likeness (QED) is 0.0262. The number of carbonyl (C=O) groups excluding carboxylic acids is 3. The molecule has 0 heterocycles. The van der Waals surface area contributed by atoms with E-state index in [2.05, 4.69) is 51.2 Å². The van der Waals surface area contributed by atoms with Gasteiger partial charge in [0.1, 0.15) is 13.2 Å². The van der Waals surface area contributed by atoms with Crippen molar-refractivity contribution in [3.63, 3.8) is 0 Å². The summed E-state index contributed by atoms with van der Waals surface area (Å²) in [5.74, 6) is -1.01. The van der Waals surface area contributed by atoms with Gasteiger partial charge in [-0.15, -0.1) is 0 Å². The zero-order valence-corrected chi connectivity index (χ0v) is 41.8. The van der Waals surface area contributed by atoms with Crippen molar-refractivity contribution < 1.29 is 28.6 Å². The van der Waals surface area contributed by atoms with Crippen molar-refractivity contribution in [1.29, 1.82) is 0 Å². The third-order valence-electron chi connectivity index (χ3n) is 11.3. The van der Waals surface area contributed by atoms with Crippen molar-refractivity contribution in [1.82, 2.24) is 0 Å². The van der Waals surface area contributed by atoms with E-state index in [0.717, 1.165) is 64.2 Å². The molecular weight excluding hydrogens is 793 g/mol. The van der Waals surface area contributed by atoms with Crippen LogP contribution >= 0.6 is 0 Å². The summed E-state index contributed by atoms with van der Waals surface area (Å²) in [4.78, 5) is 38.0. The molecule has 0 aliphatic carbocycles. The molecule has 0 spiro atoms. The molecule has 366 valence electrons. The molecule has 6 nitrogen and oxygen atoms in total. The second-order valence-electron chi connectivity index (χ2n) is 17.6. The van der Waals surface area contributed by atoms with Crippen molar-refractivity contribution in [2.45, 2.75) is 252 Å². The Morgan fingerprint density at radius 3 is 1.05 bits per heavy atom. The largest absolute Gasteiger partial charge is 0.462 e. The number of esters is 3. The Bertz CT molecular complexity index is 1250. The first-order chi connectivity index (χ1) is 31.5. The standard InChI is InChI=1S/C58H98O6/c1-4-7-10-13-16-19-22-25-27-29-31-33-36-39-42-45-48-51-57(60)63-54-55(53-62-56(59)50-47-44-41-38-35-32-24-21-18-15-12-9-6-3)64-58(61)52-49-46-43-40-37-34-30-28-26-23-20-17-14-11-8-5-2/h9,12,15,18,21,24,28,30,32,34-35,37-38,41,55H,4-8,10-11,13-14,16-17,19-20,22-23,25-27,29,31,33,36,39-40,42-54H2,1-3H3/b12-9+,18-15+,24-21+,30-28+,35-32+,37-34+,41-38+. The maximum Gasteiger partial charge on any atom is 0.306 e. The summed E-state index contributed by atoms with van der Waals surface area (Å²) in [6, 6.07) is 0. The number of unbranched alkanes of at least 4 members (excludes halogenated alkanes) is 27. The van der Waals surface area contributed by atoms with Gasteiger partial charge in [-0.25, -0.2) is 0 Å². The molecule has 0 saturated heterocycles. The molecule has 0 amide bonds. The average molecular weight is 891 g/mol. The van der Waals surface area contributed by atoms with E-state index in [1.54, 1.807) is 0 Å². The maximum absolute atomic E-state index is 12.8. The van der Waals surface area contributed by atoms with E-state index in [9.17, 15) is 14.4 Å². The minimum Gasteiger partial charge on any atom is -0.462 e. The lowest BCUT2D eigenvalue weighted by atomic mass is 10.0. The highest BCUT2D eigenvalue weighted by Crippen LogP contribution is 2.15. The van der Waals surface area contributed by atoms with Crippen LogP contribution in [0.25, 0.3) is 0 Å². The number of hydrogen-bond acceptors (Lipinski definition) is 6. The van der Waals surface area contributed by atoms with Gasteiger partial charge in [0.2, 0.25) is 0 Å². The lowest BCUT2D eigenvalue weighted by Gasteiger charge is -2.18. The van der Waals surface area contributed by atoms with Crippen LogP contribution in [0.15, 0.2) is 85.1 Å². The van der Waals surface area contributed by atoms with Crippen LogP contribution in [0, 0.1) is 0 Å². The summed E-state index contributed by atoms with van der Waals surface area (Å²) in [6.07, 6.45) is 67.2. The zero-order valence-electron chi connectivity index (χ0n) is 41.8. The van der Waals surface area contributed by atoms with Gasteiger partial charge >= 0.3 is 17.9 Å². The van der Waals surface area contributed by atoms with Crippen LogP contribution in [0.2, 0.25) is 0 Å². The molecule has 0 aromatic carbocycles. The summed E-state index contributed by atoms with van der Waals surface area (Å²) in [6.45, 7) is 6.41. The molecule has 0 aromatic rings. The zero-order chi connectivity index (χ0) is 46.5. The first-order valence-electron chi connectivity index (χ1n) is 26.7. The van der Waals surface area contributed by atoms with Crippen molar-refractivity contribution >= 4 is 17.9 Å². The fourth-order valence-electron chi connectivity index (χ4n) is 7.29. The fourth-order valence-corrected chi connectivity index (χ4v) is 7.29. The SMILES string of the molecule is CC/C=C/C=C/C=C/C=C/C=C/CCCC(=O)OCC(COC(=O)CCCCCCCCCCCCCCCCCCC)OC(=O)CCCCC/C=C/C=C/CCCCCCCCC. The second kappa shape index (κ2) is 52.2. The summed E-state index contributed by atoms with van der Waals surface area (Å²) in [5.41, 5.74) is 0. The molecule has 0 aliphatic rings. The van der Waals surface area contributed by atoms with Gasteiger partial charge in [0.25, 0.3) is 0 Å². The third-order valence-corrected chi connectivity index (χ3v) is 11.3. The van der Waals surface area contributed by atoms with Crippen molar-refractivity contribution in [3.8, 4) is 0 Å². The van der Waals surface area contributed by atoms with Crippen LogP contribution in [0.4, 0.5) is 0 Å². The lowest BCUT2D eigenvalue weighted by molar-refractivity contribution is -0.167. The molecule has 0 aromatic heterocycles. The van der Waals surface area contributed by atoms with E-state index in [1.807, 2.05) is 54.7 Å². The molecule has 6 heteroatoms. The molecule has 1 unspecified atom stereocenters. The summed E-state index contributed by atoms with van der Waals surface area (Å²) < 4.78 is 16.7. The van der Waals surface area contributed by atoms with Gasteiger partial charge in [-0.05, 0) is 57.8 Å². The highest BCUT2D eigenvalue weighted by molar-refractivity contribution is 5.71. The van der Waals surface area contributed by atoms with Gasteiger partial charge in [-0.2, -0.15) is 0 Å². The van der Waals surface area contributed by atoms with Crippen LogP contribution in [0.3, 0.4) is 0 Å². The van der Waals surface area contributed by atoms with Gasteiger partial charge in [-0.1, -0.05) is 254 Å². The summed E-state index contributed by atoms with van der Waals surface area (Å²) in [7, 11) is 0. The van der Waals surface area contributed by atoms with Crippen LogP contribution in [0.5, 0.6) is 0 Å². The molecule has 0 saturated carbocycles. The van der Waals surface area contributed by atoms with Gasteiger partial charge in [0, 0.05) is 19.3 Å². The fraction of sp³-hybridized carbons (Fsp3) is 0.707. The molecule has 64 heavy (non-hydrogen) atoms. The smallest absolute Gasteiger partial charge is 0.306 e. The van der Waals surface area contributed by atoms with Crippen LogP contribution < -0.4 is 0 Å². The molecule has 0 N–H and O–H groups in total. The van der Waals surface area contributed by atoms with Crippen LogP contribution in [-0.4, -0.2) is 37.2 Å². The lowest BCUT2D eigenvalue weighted by Crippen LogP contribution is -2.30. The van der Waals surface area contributed by atoms with E-state index in [4.69, 9.17) is 14.2 Å². The first-order valence-corrected chi connectivity index (χ1v) is 26.7. The van der Waals surface area contributed by atoms with Crippen LogP contribution in [-0.2, 0) is 28.6 Å². The maximum atomic E-state index is 12.8. The predicted molar refractivity (Wildman–Crippen MR) is 274 cm³/mol. The number of carbonyl (C=O) groups is 3. The molecular formula is C58H98O6. The Hall–Kier alpha value is -3.41. The molecule has 0 aliphatic heterocycles. The summed E-state index contributed by atoms with van der Waals surface area (Å²) in [5, 5.41) is 0. The van der Waals surface area contributed by atoms with E-state index in [-0.39, 0.29) is 44.0 Å². The minimum absolute atomic E-state index is 0.108. The van der Waals surface area contributed by atoms with E-state index >= 15 is 0 Å². The Labute approximate surface area is 395 Å². The van der Waals surface area contributed by atoms with Gasteiger partial charge in [0.05, 0.1) is 0 Å². The van der Waals surface area contributed by atoms with Crippen molar-refractivity contribution in [3.05, 3.63) is 85.1 Å². The van der Waals surface area contributed by atoms with Gasteiger partial charge < -0.3 is 14.2 Å². The van der Waals surface area contributed by atoms with Crippen molar-refractivity contribution in [2.75, 3.05) is 13.2 Å². The summed E-state index contributed by atoms with van der Waals surface area (Å²) >= 11 is 0. The molecule has 0 bridgehead atoms. The Balaban J connectivity index is 4.49. The van der Waals surface area contributed by atoms with E-state index in [0.29, 0.717) is 12.8 Å². The highest BCUT2D eigenvalue weighted by Gasteiger charge is 2.19. The number of ether oxygens (including phenoxy) is 3. The van der Waals surface area contributed by atoms with E-state index < -0.39 is 6.10 Å².